The zero-order chi connectivity index (χ0) is 23.7. The fraction of sp³-hybridized carbons (Fsp3) is 0.200. The SMILES string of the molecule is COc1ccccc1N1C(=O)C(=O)/C(=C(/O)c2c(OC)cccc2OC)C1c1ccc(C)o1. The van der Waals surface area contributed by atoms with E-state index in [0.717, 1.165) is 0 Å². The molecular formula is C25H23NO7. The van der Waals surface area contributed by atoms with E-state index in [4.69, 9.17) is 18.6 Å². The monoisotopic (exact) mass is 449 g/mol. The third-order valence-corrected chi connectivity index (χ3v) is 5.48. The zero-order valence-corrected chi connectivity index (χ0v) is 18.6. The number of rotatable bonds is 6. The number of carbonyl (C=O) groups excluding carboxylic acids is 2. The van der Waals surface area contributed by atoms with E-state index in [9.17, 15) is 14.7 Å². The summed E-state index contributed by atoms with van der Waals surface area (Å²) >= 11 is 0. The number of aliphatic hydroxyl groups excluding tert-OH is 1. The smallest absolute Gasteiger partial charge is 0.300 e. The molecule has 170 valence electrons. The van der Waals surface area contributed by atoms with Crippen LogP contribution in [-0.2, 0) is 9.59 Å². The molecule has 0 saturated carbocycles. The molecule has 1 aromatic heterocycles. The standard InChI is InChI=1S/C25H23NO7/c1-14-12-13-19(33-14)22-21(23(27)20-17(31-3)10-7-11-18(20)32-4)24(28)25(29)26(22)15-8-5-6-9-16(15)30-2/h5-13,22,27H,1-4H3/b23-21+. The molecule has 1 atom stereocenters. The minimum absolute atomic E-state index is 0.150. The molecule has 3 aromatic rings. The fourth-order valence-corrected chi connectivity index (χ4v) is 4.00. The maximum atomic E-state index is 13.3. The van der Waals surface area contributed by atoms with Crippen LogP contribution in [0.1, 0.15) is 23.1 Å². The quantitative estimate of drug-likeness (QED) is 0.341. The molecular weight excluding hydrogens is 426 g/mol. The molecule has 1 N–H and O–H groups in total. The van der Waals surface area contributed by atoms with E-state index >= 15 is 0 Å². The number of methoxy groups -OCH3 is 3. The highest BCUT2D eigenvalue weighted by Crippen LogP contribution is 2.47. The van der Waals surface area contributed by atoms with Crippen LogP contribution in [0.4, 0.5) is 5.69 Å². The van der Waals surface area contributed by atoms with Crippen LogP contribution in [-0.4, -0.2) is 38.1 Å². The lowest BCUT2D eigenvalue weighted by atomic mass is 9.98. The van der Waals surface area contributed by atoms with Crippen LogP contribution in [0.25, 0.3) is 5.76 Å². The van der Waals surface area contributed by atoms with Gasteiger partial charge in [-0.1, -0.05) is 18.2 Å². The van der Waals surface area contributed by atoms with Gasteiger partial charge in [-0.05, 0) is 43.3 Å². The zero-order valence-electron chi connectivity index (χ0n) is 18.6. The molecule has 2 heterocycles. The van der Waals surface area contributed by atoms with E-state index in [-0.39, 0.29) is 22.6 Å². The Morgan fingerprint density at radius 1 is 0.879 bits per heavy atom. The van der Waals surface area contributed by atoms with Crippen LogP contribution in [0.2, 0.25) is 0 Å². The van der Waals surface area contributed by atoms with Crippen molar-refractivity contribution in [1.82, 2.24) is 0 Å². The summed E-state index contributed by atoms with van der Waals surface area (Å²) in [4.78, 5) is 27.9. The van der Waals surface area contributed by atoms with Gasteiger partial charge in [-0.2, -0.15) is 0 Å². The van der Waals surface area contributed by atoms with Gasteiger partial charge in [-0.15, -0.1) is 0 Å². The van der Waals surface area contributed by atoms with Crippen molar-refractivity contribution in [2.75, 3.05) is 26.2 Å². The summed E-state index contributed by atoms with van der Waals surface area (Å²) in [6.45, 7) is 1.75. The minimum atomic E-state index is -1.04. The second-order valence-electron chi connectivity index (χ2n) is 7.33. The van der Waals surface area contributed by atoms with Crippen molar-refractivity contribution in [1.29, 1.82) is 0 Å². The molecule has 1 fully saturated rings. The highest BCUT2D eigenvalue weighted by molar-refractivity contribution is 6.52. The molecule has 1 saturated heterocycles. The lowest BCUT2D eigenvalue weighted by Gasteiger charge is -2.25. The summed E-state index contributed by atoms with van der Waals surface area (Å²) in [5.41, 5.74) is 0.379. The van der Waals surface area contributed by atoms with Gasteiger partial charge in [-0.3, -0.25) is 14.5 Å². The molecule has 0 bridgehead atoms. The van der Waals surface area contributed by atoms with Gasteiger partial charge in [0.25, 0.3) is 11.7 Å². The lowest BCUT2D eigenvalue weighted by Crippen LogP contribution is -2.29. The number of hydrogen-bond donors (Lipinski definition) is 1. The molecule has 8 heteroatoms. The van der Waals surface area contributed by atoms with Crippen LogP contribution < -0.4 is 19.1 Å². The summed E-state index contributed by atoms with van der Waals surface area (Å²) in [7, 11) is 4.35. The van der Waals surface area contributed by atoms with Gasteiger partial charge in [0.15, 0.2) is 0 Å². The fourth-order valence-electron chi connectivity index (χ4n) is 4.00. The van der Waals surface area contributed by atoms with E-state index in [0.29, 0.717) is 23.0 Å². The van der Waals surface area contributed by atoms with Gasteiger partial charge >= 0.3 is 0 Å². The number of amides is 1. The highest BCUT2D eigenvalue weighted by atomic mass is 16.5. The Balaban J connectivity index is 2.02. The predicted molar refractivity (Wildman–Crippen MR) is 121 cm³/mol. The average Bonchev–Trinajstić information content (AvgIpc) is 3.38. The van der Waals surface area contributed by atoms with Crippen molar-refractivity contribution >= 4 is 23.1 Å². The second kappa shape index (κ2) is 8.74. The van der Waals surface area contributed by atoms with Gasteiger partial charge in [0.1, 0.15) is 46.1 Å². The summed E-state index contributed by atoms with van der Waals surface area (Å²) in [5, 5.41) is 11.4. The number of ether oxygens (including phenoxy) is 3. The largest absolute Gasteiger partial charge is 0.506 e. The number of para-hydroxylation sites is 2. The Morgan fingerprint density at radius 2 is 1.48 bits per heavy atom. The lowest BCUT2D eigenvalue weighted by molar-refractivity contribution is -0.132. The third kappa shape index (κ3) is 3.59. The number of Topliss-reactive ketones (excluding diaryl/α,β-unsaturated/α-hetero) is 1. The van der Waals surface area contributed by atoms with Crippen molar-refractivity contribution < 1.29 is 33.3 Å². The number of ketones is 1. The van der Waals surface area contributed by atoms with Crippen LogP contribution >= 0.6 is 0 Å². The molecule has 0 aliphatic carbocycles. The first kappa shape index (κ1) is 22.0. The van der Waals surface area contributed by atoms with Gasteiger partial charge in [0, 0.05) is 0 Å². The normalized spacial score (nSPS) is 17.3. The topological polar surface area (TPSA) is 98.4 Å². The molecule has 8 nitrogen and oxygen atoms in total. The average molecular weight is 449 g/mol. The predicted octanol–water partition coefficient (Wildman–Crippen LogP) is 4.24. The molecule has 0 radical (unpaired) electrons. The molecule has 1 aliphatic rings. The highest BCUT2D eigenvalue weighted by Gasteiger charge is 2.49. The summed E-state index contributed by atoms with van der Waals surface area (Å²) < 4.78 is 22.0. The summed E-state index contributed by atoms with van der Waals surface area (Å²) in [6.07, 6.45) is 0. The van der Waals surface area contributed by atoms with E-state index < -0.39 is 23.5 Å². The van der Waals surface area contributed by atoms with Crippen LogP contribution in [0.15, 0.2) is 64.6 Å². The van der Waals surface area contributed by atoms with Crippen molar-refractivity contribution in [3.8, 4) is 17.2 Å². The summed E-state index contributed by atoms with van der Waals surface area (Å²) in [5.74, 6) is -0.269. The Bertz CT molecular complexity index is 1230. The molecule has 2 aromatic carbocycles. The third-order valence-electron chi connectivity index (χ3n) is 5.48. The molecule has 1 unspecified atom stereocenters. The molecule has 0 spiro atoms. The first-order valence-corrected chi connectivity index (χ1v) is 10.1. The number of anilines is 1. The minimum Gasteiger partial charge on any atom is -0.506 e. The first-order valence-electron chi connectivity index (χ1n) is 10.1. The number of aliphatic hydroxyl groups is 1. The Kier molecular flexibility index (Phi) is 5.83. The Hall–Kier alpha value is -4.20. The van der Waals surface area contributed by atoms with Crippen LogP contribution in [0.5, 0.6) is 17.2 Å². The molecule has 33 heavy (non-hydrogen) atoms. The van der Waals surface area contributed by atoms with E-state index in [1.807, 2.05) is 0 Å². The first-order chi connectivity index (χ1) is 15.9. The maximum Gasteiger partial charge on any atom is 0.300 e. The van der Waals surface area contributed by atoms with Crippen molar-refractivity contribution in [3.63, 3.8) is 0 Å². The van der Waals surface area contributed by atoms with E-state index in [2.05, 4.69) is 0 Å². The van der Waals surface area contributed by atoms with E-state index in [1.165, 1.54) is 26.2 Å². The Labute approximate surface area is 190 Å². The van der Waals surface area contributed by atoms with Gasteiger partial charge < -0.3 is 23.7 Å². The van der Waals surface area contributed by atoms with Crippen LogP contribution in [0.3, 0.4) is 0 Å². The number of hydrogen-bond acceptors (Lipinski definition) is 7. The number of aryl methyl sites for hydroxylation is 1. The van der Waals surface area contributed by atoms with Gasteiger partial charge in [0.2, 0.25) is 0 Å². The molecule has 1 amide bonds. The van der Waals surface area contributed by atoms with Crippen molar-refractivity contribution in [3.05, 3.63) is 77.3 Å². The molecule has 1 aliphatic heterocycles. The number of furan rings is 1. The maximum absolute atomic E-state index is 13.3. The number of benzene rings is 2. The number of nitrogens with zero attached hydrogens (tertiary/aromatic N) is 1. The summed E-state index contributed by atoms with van der Waals surface area (Å²) in [6, 6.07) is 14.1. The van der Waals surface area contributed by atoms with Crippen molar-refractivity contribution in [2.45, 2.75) is 13.0 Å². The number of carbonyl (C=O) groups is 2. The Morgan fingerprint density at radius 3 is 2.06 bits per heavy atom. The van der Waals surface area contributed by atoms with Crippen molar-refractivity contribution in [2.24, 2.45) is 0 Å². The van der Waals surface area contributed by atoms with Gasteiger partial charge in [-0.25, -0.2) is 0 Å². The van der Waals surface area contributed by atoms with Crippen LogP contribution in [0, 0.1) is 6.92 Å². The van der Waals surface area contributed by atoms with E-state index in [1.54, 1.807) is 61.5 Å². The second-order valence-corrected chi connectivity index (χ2v) is 7.33. The van der Waals surface area contributed by atoms with Gasteiger partial charge in [0.05, 0.1) is 32.6 Å². The molecule has 4 rings (SSSR count).